The first-order valence-electron chi connectivity index (χ1n) is 7.42. The molecule has 6 nitrogen and oxygen atoms in total. The SMILES string of the molecule is Oc1ccccc1-c1cc2cc(N3CCNCC3)[nH]c2nn1. The Morgan fingerprint density at radius 3 is 2.68 bits per heavy atom. The summed E-state index contributed by atoms with van der Waals surface area (Å²) in [6.07, 6.45) is 0. The van der Waals surface area contributed by atoms with Gasteiger partial charge in [-0.25, -0.2) is 0 Å². The van der Waals surface area contributed by atoms with E-state index in [4.69, 9.17) is 0 Å². The van der Waals surface area contributed by atoms with E-state index >= 15 is 0 Å². The topological polar surface area (TPSA) is 77.1 Å². The van der Waals surface area contributed by atoms with Crippen LogP contribution in [-0.4, -0.2) is 46.5 Å². The van der Waals surface area contributed by atoms with E-state index in [1.54, 1.807) is 12.1 Å². The Balaban J connectivity index is 1.73. The van der Waals surface area contributed by atoms with Crippen LogP contribution in [0.3, 0.4) is 0 Å². The zero-order chi connectivity index (χ0) is 14.9. The van der Waals surface area contributed by atoms with Gasteiger partial charge in [-0.3, -0.25) is 0 Å². The fraction of sp³-hybridized carbons (Fsp3) is 0.250. The molecule has 3 N–H and O–H groups in total. The van der Waals surface area contributed by atoms with Crippen LogP contribution >= 0.6 is 0 Å². The third-order valence-corrected chi connectivity index (χ3v) is 4.00. The lowest BCUT2D eigenvalue weighted by molar-refractivity contribution is 0.477. The van der Waals surface area contributed by atoms with Gasteiger partial charge >= 0.3 is 0 Å². The van der Waals surface area contributed by atoms with E-state index < -0.39 is 0 Å². The average Bonchev–Trinajstić information content (AvgIpc) is 2.99. The number of anilines is 1. The first kappa shape index (κ1) is 13.1. The van der Waals surface area contributed by atoms with Crippen LogP contribution in [0.25, 0.3) is 22.3 Å². The van der Waals surface area contributed by atoms with E-state index in [-0.39, 0.29) is 5.75 Å². The maximum atomic E-state index is 9.95. The quantitative estimate of drug-likeness (QED) is 0.671. The van der Waals surface area contributed by atoms with Gasteiger partial charge in [0.05, 0.1) is 5.69 Å². The van der Waals surface area contributed by atoms with Crippen LogP contribution in [0.2, 0.25) is 0 Å². The van der Waals surface area contributed by atoms with Crippen molar-refractivity contribution in [2.45, 2.75) is 0 Å². The van der Waals surface area contributed by atoms with Gasteiger partial charge in [-0.1, -0.05) is 12.1 Å². The molecule has 1 saturated heterocycles. The van der Waals surface area contributed by atoms with Crippen LogP contribution in [0.1, 0.15) is 0 Å². The molecule has 0 atom stereocenters. The first-order valence-corrected chi connectivity index (χ1v) is 7.42. The lowest BCUT2D eigenvalue weighted by Gasteiger charge is -2.27. The Hall–Kier alpha value is -2.60. The predicted octanol–water partition coefficient (Wildman–Crippen LogP) is 1.74. The van der Waals surface area contributed by atoms with Gasteiger partial charge in [0.1, 0.15) is 11.6 Å². The normalized spacial score (nSPS) is 15.4. The highest BCUT2D eigenvalue weighted by Crippen LogP contribution is 2.29. The van der Waals surface area contributed by atoms with Crippen molar-refractivity contribution in [3.63, 3.8) is 0 Å². The summed E-state index contributed by atoms with van der Waals surface area (Å²) in [5.41, 5.74) is 2.14. The fourth-order valence-electron chi connectivity index (χ4n) is 2.82. The minimum absolute atomic E-state index is 0.217. The Morgan fingerprint density at radius 2 is 1.86 bits per heavy atom. The van der Waals surface area contributed by atoms with Crippen LogP contribution in [-0.2, 0) is 0 Å². The molecule has 1 aliphatic heterocycles. The summed E-state index contributed by atoms with van der Waals surface area (Å²) in [7, 11) is 0. The minimum atomic E-state index is 0.217. The molecule has 0 bridgehead atoms. The highest BCUT2D eigenvalue weighted by Gasteiger charge is 2.14. The largest absolute Gasteiger partial charge is 0.507 e. The van der Waals surface area contributed by atoms with Gasteiger partial charge in [-0.05, 0) is 24.3 Å². The Labute approximate surface area is 127 Å². The molecule has 1 aliphatic rings. The number of rotatable bonds is 2. The molecule has 22 heavy (non-hydrogen) atoms. The summed E-state index contributed by atoms with van der Waals surface area (Å²) in [4.78, 5) is 5.62. The van der Waals surface area contributed by atoms with Crippen molar-refractivity contribution in [2.75, 3.05) is 31.1 Å². The van der Waals surface area contributed by atoms with Gasteiger partial charge in [-0.15, -0.1) is 10.2 Å². The third-order valence-electron chi connectivity index (χ3n) is 4.00. The molecule has 0 saturated carbocycles. The van der Waals surface area contributed by atoms with E-state index in [1.165, 1.54) is 0 Å². The summed E-state index contributed by atoms with van der Waals surface area (Å²) in [5, 5.41) is 22.8. The van der Waals surface area contributed by atoms with Crippen LogP contribution in [0.15, 0.2) is 36.4 Å². The van der Waals surface area contributed by atoms with Crippen molar-refractivity contribution in [2.24, 2.45) is 0 Å². The van der Waals surface area contributed by atoms with Crippen molar-refractivity contribution in [1.29, 1.82) is 0 Å². The molecule has 1 fully saturated rings. The molecule has 1 aromatic carbocycles. The summed E-state index contributed by atoms with van der Waals surface area (Å²) >= 11 is 0. The number of piperazine rings is 1. The van der Waals surface area contributed by atoms with Gasteiger partial charge in [0, 0.05) is 37.1 Å². The number of benzene rings is 1. The molecule has 3 aromatic rings. The van der Waals surface area contributed by atoms with Gasteiger partial charge < -0.3 is 20.3 Å². The van der Waals surface area contributed by atoms with Crippen LogP contribution in [0.5, 0.6) is 5.75 Å². The number of hydrogen-bond donors (Lipinski definition) is 3. The Bertz CT molecular complexity index is 807. The number of aromatic amines is 1. The second kappa shape index (κ2) is 5.31. The van der Waals surface area contributed by atoms with Gasteiger partial charge in [-0.2, -0.15) is 0 Å². The van der Waals surface area contributed by atoms with Crippen LogP contribution in [0.4, 0.5) is 5.82 Å². The number of phenols is 1. The molecule has 112 valence electrons. The number of hydrogen-bond acceptors (Lipinski definition) is 5. The highest BCUT2D eigenvalue weighted by molar-refractivity contribution is 5.84. The molecule has 0 spiro atoms. The second-order valence-electron chi connectivity index (χ2n) is 5.44. The number of fused-ring (bicyclic) bond motifs is 1. The molecular formula is C16H17N5O. The van der Waals surface area contributed by atoms with Crippen molar-refractivity contribution < 1.29 is 5.11 Å². The van der Waals surface area contributed by atoms with Crippen molar-refractivity contribution >= 4 is 16.9 Å². The number of H-pyrrole nitrogens is 1. The fourth-order valence-corrected chi connectivity index (χ4v) is 2.82. The summed E-state index contributed by atoms with van der Waals surface area (Å²) < 4.78 is 0. The average molecular weight is 295 g/mol. The lowest BCUT2D eigenvalue weighted by Crippen LogP contribution is -2.43. The molecule has 3 heterocycles. The zero-order valence-electron chi connectivity index (χ0n) is 12.1. The molecule has 6 heteroatoms. The van der Waals surface area contributed by atoms with Crippen molar-refractivity contribution in [3.8, 4) is 17.0 Å². The first-order chi connectivity index (χ1) is 10.8. The molecule has 0 unspecified atom stereocenters. The predicted molar refractivity (Wildman–Crippen MR) is 86.1 cm³/mol. The summed E-state index contributed by atoms with van der Waals surface area (Å²) in [5.74, 6) is 1.29. The van der Waals surface area contributed by atoms with E-state index in [9.17, 15) is 5.11 Å². The standard InChI is InChI=1S/C16H17N5O/c22-14-4-2-1-3-12(14)13-9-11-10-15(18-16(11)20-19-13)21-7-5-17-6-8-21/h1-4,9-10,17,22H,5-8H2,(H,18,20). The highest BCUT2D eigenvalue weighted by atomic mass is 16.3. The maximum absolute atomic E-state index is 9.95. The number of aromatic nitrogens is 3. The van der Waals surface area contributed by atoms with Crippen molar-refractivity contribution in [3.05, 3.63) is 36.4 Å². The monoisotopic (exact) mass is 295 g/mol. The molecule has 4 rings (SSSR count). The molecule has 0 aliphatic carbocycles. The number of nitrogens with one attached hydrogen (secondary N) is 2. The number of phenolic OH excluding ortho intramolecular Hbond substituents is 1. The Kier molecular flexibility index (Phi) is 3.16. The molecular weight excluding hydrogens is 278 g/mol. The van der Waals surface area contributed by atoms with E-state index in [0.29, 0.717) is 11.3 Å². The molecule has 0 radical (unpaired) electrons. The van der Waals surface area contributed by atoms with E-state index in [1.807, 2.05) is 18.2 Å². The van der Waals surface area contributed by atoms with Crippen LogP contribution in [0, 0.1) is 0 Å². The number of aromatic hydroxyl groups is 1. The van der Waals surface area contributed by atoms with Gasteiger partial charge in [0.15, 0.2) is 5.65 Å². The van der Waals surface area contributed by atoms with E-state index in [2.05, 4.69) is 31.5 Å². The van der Waals surface area contributed by atoms with Crippen molar-refractivity contribution in [1.82, 2.24) is 20.5 Å². The van der Waals surface area contributed by atoms with Gasteiger partial charge in [0.25, 0.3) is 0 Å². The summed E-state index contributed by atoms with van der Waals surface area (Å²) in [6, 6.07) is 11.2. The number of para-hydroxylation sites is 1. The number of nitrogens with zero attached hydrogens (tertiary/aromatic N) is 3. The maximum Gasteiger partial charge on any atom is 0.161 e. The van der Waals surface area contributed by atoms with E-state index in [0.717, 1.165) is 43.0 Å². The van der Waals surface area contributed by atoms with Crippen LogP contribution < -0.4 is 10.2 Å². The van der Waals surface area contributed by atoms with Gasteiger partial charge in [0.2, 0.25) is 0 Å². The Morgan fingerprint density at radius 1 is 1.05 bits per heavy atom. The second-order valence-corrected chi connectivity index (χ2v) is 5.44. The third kappa shape index (κ3) is 2.27. The lowest BCUT2D eigenvalue weighted by atomic mass is 10.1. The molecule has 2 aromatic heterocycles. The smallest absolute Gasteiger partial charge is 0.161 e. The molecule has 0 amide bonds. The zero-order valence-corrected chi connectivity index (χ0v) is 12.1. The minimum Gasteiger partial charge on any atom is -0.507 e. The summed E-state index contributed by atoms with van der Waals surface area (Å²) in [6.45, 7) is 3.94.